The van der Waals surface area contributed by atoms with Gasteiger partial charge in [-0.3, -0.25) is 0 Å². The highest BCUT2D eigenvalue weighted by Gasteiger charge is 2.04. The summed E-state index contributed by atoms with van der Waals surface area (Å²) in [7, 11) is 0. The summed E-state index contributed by atoms with van der Waals surface area (Å²) in [6.07, 6.45) is 0.266. The van der Waals surface area contributed by atoms with Crippen molar-refractivity contribution >= 4 is 39.7 Å². The molecule has 0 aliphatic carbocycles. The third-order valence-electron chi connectivity index (χ3n) is 2.62. The predicted octanol–water partition coefficient (Wildman–Crippen LogP) is 3.82. The van der Waals surface area contributed by atoms with Crippen LogP contribution in [0.5, 0.6) is 0 Å². The molecule has 0 spiro atoms. The number of benzene rings is 2. The van der Waals surface area contributed by atoms with Crippen molar-refractivity contribution < 1.29 is 4.39 Å². The van der Waals surface area contributed by atoms with Crippen LogP contribution < -0.4 is 11.1 Å². The van der Waals surface area contributed by atoms with E-state index in [0.717, 1.165) is 20.5 Å². The molecular weight excluding hydrogens is 356 g/mol. The Morgan fingerprint density at radius 2 is 2.05 bits per heavy atom. The van der Waals surface area contributed by atoms with E-state index >= 15 is 0 Å². The first-order valence-corrected chi connectivity index (χ1v) is 6.65. The van der Waals surface area contributed by atoms with Crippen molar-refractivity contribution in [3.63, 3.8) is 0 Å². The molecule has 0 heterocycles. The van der Waals surface area contributed by atoms with Crippen LogP contribution >= 0.6 is 22.6 Å². The summed E-state index contributed by atoms with van der Waals surface area (Å²) < 4.78 is 13.8. The molecular formula is C14H11FIN3. The van der Waals surface area contributed by atoms with E-state index in [1.165, 1.54) is 12.1 Å². The number of nitrogens with zero attached hydrogens (tertiary/aromatic N) is 1. The third-order valence-corrected chi connectivity index (χ3v) is 3.52. The van der Waals surface area contributed by atoms with Crippen LogP contribution in [-0.4, -0.2) is 0 Å². The highest BCUT2D eigenvalue weighted by atomic mass is 127. The number of nitriles is 1. The fourth-order valence-corrected chi connectivity index (χ4v) is 2.28. The fraction of sp³-hybridized carbons (Fsp3) is 0.0714. The summed E-state index contributed by atoms with van der Waals surface area (Å²) in [5.41, 5.74) is 8.81. The van der Waals surface area contributed by atoms with E-state index in [1.807, 2.05) is 12.1 Å². The van der Waals surface area contributed by atoms with Gasteiger partial charge in [0, 0.05) is 14.9 Å². The van der Waals surface area contributed by atoms with Crippen molar-refractivity contribution in [1.29, 1.82) is 5.26 Å². The minimum atomic E-state index is -0.266. The molecule has 3 N–H and O–H groups in total. The standard InChI is InChI=1S/C14H11FIN3/c15-10-1-4-14(12(16)8-10)19-11-2-3-13(18)9(7-11)5-6-17/h1-4,7-8,19H,5,18H2. The van der Waals surface area contributed by atoms with Crippen LogP contribution in [0.3, 0.4) is 0 Å². The van der Waals surface area contributed by atoms with Crippen LogP contribution in [0.1, 0.15) is 5.56 Å². The molecule has 0 aliphatic heterocycles. The Labute approximate surface area is 124 Å². The van der Waals surface area contributed by atoms with Crippen molar-refractivity contribution in [2.24, 2.45) is 0 Å². The van der Waals surface area contributed by atoms with Gasteiger partial charge in [-0.05, 0) is 64.6 Å². The molecule has 0 bridgehead atoms. The Morgan fingerprint density at radius 3 is 2.74 bits per heavy atom. The first-order valence-electron chi connectivity index (χ1n) is 5.57. The monoisotopic (exact) mass is 367 g/mol. The van der Waals surface area contributed by atoms with Gasteiger partial charge in [-0.15, -0.1) is 0 Å². The predicted molar refractivity (Wildman–Crippen MR) is 82.6 cm³/mol. The minimum Gasteiger partial charge on any atom is -0.398 e. The molecule has 0 aromatic heterocycles. The third kappa shape index (κ3) is 3.35. The minimum absolute atomic E-state index is 0.266. The summed E-state index contributed by atoms with van der Waals surface area (Å²) >= 11 is 2.07. The van der Waals surface area contributed by atoms with Gasteiger partial charge in [-0.25, -0.2) is 4.39 Å². The van der Waals surface area contributed by atoms with Gasteiger partial charge in [-0.2, -0.15) is 5.26 Å². The van der Waals surface area contributed by atoms with E-state index in [-0.39, 0.29) is 12.2 Å². The molecule has 5 heteroatoms. The van der Waals surface area contributed by atoms with Crippen molar-refractivity contribution in [1.82, 2.24) is 0 Å². The van der Waals surface area contributed by atoms with Gasteiger partial charge in [0.25, 0.3) is 0 Å². The molecule has 96 valence electrons. The van der Waals surface area contributed by atoms with Crippen LogP contribution in [0.4, 0.5) is 21.5 Å². The van der Waals surface area contributed by atoms with Gasteiger partial charge in [0.05, 0.1) is 18.2 Å². The first-order chi connectivity index (χ1) is 9.10. The number of nitrogen functional groups attached to an aromatic ring is 1. The highest BCUT2D eigenvalue weighted by molar-refractivity contribution is 14.1. The molecule has 0 fully saturated rings. The Bertz CT molecular complexity index is 650. The van der Waals surface area contributed by atoms with Crippen molar-refractivity contribution in [3.05, 3.63) is 51.3 Å². The lowest BCUT2D eigenvalue weighted by Gasteiger charge is -2.11. The number of anilines is 3. The summed E-state index contributed by atoms with van der Waals surface area (Å²) in [5.74, 6) is -0.266. The molecule has 0 saturated heterocycles. The quantitative estimate of drug-likeness (QED) is 0.641. The first kappa shape index (κ1) is 13.6. The van der Waals surface area contributed by atoms with E-state index in [1.54, 1.807) is 12.1 Å². The van der Waals surface area contributed by atoms with Crippen molar-refractivity contribution in [3.8, 4) is 6.07 Å². The van der Waals surface area contributed by atoms with E-state index in [9.17, 15) is 4.39 Å². The lowest BCUT2D eigenvalue weighted by atomic mass is 10.1. The summed E-state index contributed by atoms with van der Waals surface area (Å²) in [5, 5.41) is 11.9. The molecule has 0 unspecified atom stereocenters. The van der Waals surface area contributed by atoms with Crippen LogP contribution in [0.25, 0.3) is 0 Å². The molecule has 2 aromatic rings. The number of hydrogen-bond acceptors (Lipinski definition) is 3. The number of halogens is 2. The molecule has 3 nitrogen and oxygen atoms in total. The second-order valence-corrected chi connectivity index (χ2v) is 5.16. The molecule has 0 aliphatic rings. The molecule has 0 saturated carbocycles. The Hall–Kier alpha value is -1.81. The molecule has 0 atom stereocenters. The second kappa shape index (κ2) is 5.89. The van der Waals surface area contributed by atoms with Gasteiger partial charge < -0.3 is 11.1 Å². The topological polar surface area (TPSA) is 61.8 Å². The average molecular weight is 367 g/mol. The summed E-state index contributed by atoms with van der Waals surface area (Å²) in [6, 6.07) is 12.0. The molecule has 2 rings (SSSR count). The lowest BCUT2D eigenvalue weighted by Crippen LogP contribution is -1.98. The van der Waals surface area contributed by atoms with Gasteiger partial charge in [0.2, 0.25) is 0 Å². The van der Waals surface area contributed by atoms with Gasteiger partial charge in [-0.1, -0.05) is 0 Å². The van der Waals surface area contributed by atoms with E-state index in [2.05, 4.69) is 34.0 Å². The zero-order chi connectivity index (χ0) is 13.8. The molecule has 0 amide bonds. The van der Waals surface area contributed by atoms with Crippen LogP contribution in [0, 0.1) is 20.7 Å². The van der Waals surface area contributed by atoms with E-state index in [0.29, 0.717) is 5.69 Å². The van der Waals surface area contributed by atoms with Crippen LogP contribution in [0.15, 0.2) is 36.4 Å². The van der Waals surface area contributed by atoms with Crippen molar-refractivity contribution in [2.45, 2.75) is 6.42 Å². The number of nitrogens with two attached hydrogens (primary N) is 1. The Kier molecular flexibility index (Phi) is 4.22. The van der Waals surface area contributed by atoms with Crippen molar-refractivity contribution in [2.75, 3.05) is 11.1 Å². The second-order valence-electron chi connectivity index (χ2n) is 4.00. The number of rotatable bonds is 3. The summed E-state index contributed by atoms with van der Waals surface area (Å²) in [6.45, 7) is 0. The van der Waals surface area contributed by atoms with Gasteiger partial charge >= 0.3 is 0 Å². The van der Waals surface area contributed by atoms with E-state index < -0.39 is 0 Å². The number of hydrogen-bond donors (Lipinski definition) is 2. The Morgan fingerprint density at radius 1 is 1.26 bits per heavy atom. The average Bonchev–Trinajstić information content (AvgIpc) is 2.37. The van der Waals surface area contributed by atoms with Crippen LogP contribution in [-0.2, 0) is 6.42 Å². The zero-order valence-corrected chi connectivity index (χ0v) is 12.1. The molecule has 0 radical (unpaired) electrons. The molecule has 2 aromatic carbocycles. The van der Waals surface area contributed by atoms with Crippen LogP contribution in [0.2, 0.25) is 0 Å². The lowest BCUT2D eigenvalue weighted by molar-refractivity contribution is 0.627. The smallest absolute Gasteiger partial charge is 0.124 e. The zero-order valence-electron chi connectivity index (χ0n) is 9.95. The maximum atomic E-state index is 13.0. The molecule has 19 heavy (non-hydrogen) atoms. The number of nitrogens with one attached hydrogen (secondary N) is 1. The Balaban J connectivity index is 2.28. The van der Waals surface area contributed by atoms with Gasteiger partial charge in [0.15, 0.2) is 0 Å². The maximum Gasteiger partial charge on any atom is 0.124 e. The SMILES string of the molecule is N#CCc1cc(Nc2ccc(F)cc2I)ccc1N. The van der Waals surface area contributed by atoms with Gasteiger partial charge in [0.1, 0.15) is 5.82 Å². The van der Waals surface area contributed by atoms with E-state index in [4.69, 9.17) is 11.0 Å². The highest BCUT2D eigenvalue weighted by Crippen LogP contribution is 2.25. The fourth-order valence-electron chi connectivity index (χ4n) is 1.67. The normalized spacial score (nSPS) is 9.95. The summed E-state index contributed by atoms with van der Waals surface area (Å²) in [4.78, 5) is 0. The maximum absolute atomic E-state index is 13.0. The largest absolute Gasteiger partial charge is 0.398 e.